The maximum Gasteiger partial charge on any atom is 0.223 e. The minimum Gasteiger partial charge on any atom is -0.497 e. The third-order valence-electron chi connectivity index (χ3n) is 4.66. The molecule has 3 heterocycles. The maximum atomic E-state index is 5.48. The molecular formula is C22H22N4O4. The van der Waals surface area contributed by atoms with Gasteiger partial charge in [0.2, 0.25) is 5.95 Å². The molecule has 0 aliphatic heterocycles. The molecule has 0 aliphatic carbocycles. The van der Waals surface area contributed by atoms with Crippen LogP contribution in [0.5, 0.6) is 11.5 Å². The van der Waals surface area contributed by atoms with Gasteiger partial charge in [0, 0.05) is 30.4 Å². The lowest BCUT2D eigenvalue weighted by molar-refractivity contribution is 0.393. The molecule has 30 heavy (non-hydrogen) atoms. The zero-order valence-electron chi connectivity index (χ0n) is 17.2. The van der Waals surface area contributed by atoms with Gasteiger partial charge in [0.1, 0.15) is 17.3 Å². The van der Waals surface area contributed by atoms with Gasteiger partial charge < -0.3 is 23.7 Å². The summed E-state index contributed by atoms with van der Waals surface area (Å²) in [5.41, 5.74) is 4.08. The number of hydrogen-bond acceptors (Lipinski definition) is 8. The number of rotatable bonds is 7. The van der Waals surface area contributed by atoms with Gasteiger partial charge >= 0.3 is 0 Å². The Hall–Kier alpha value is -3.81. The van der Waals surface area contributed by atoms with Gasteiger partial charge in [-0.1, -0.05) is 5.16 Å². The summed E-state index contributed by atoms with van der Waals surface area (Å²) in [5.74, 6) is 3.28. The van der Waals surface area contributed by atoms with Crippen molar-refractivity contribution in [1.82, 2.24) is 15.1 Å². The largest absolute Gasteiger partial charge is 0.497 e. The molecule has 1 aromatic carbocycles. The number of nitrogens with zero attached hydrogens (tertiary/aromatic N) is 3. The monoisotopic (exact) mass is 406 g/mol. The summed E-state index contributed by atoms with van der Waals surface area (Å²) < 4.78 is 21.6. The first-order valence-corrected chi connectivity index (χ1v) is 9.38. The van der Waals surface area contributed by atoms with Gasteiger partial charge in [-0.15, -0.1) is 0 Å². The Labute approximate surface area is 173 Å². The Morgan fingerprint density at radius 1 is 1.00 bits per heavy atom. The second-order valence-corrected chi connectivity index (χ2v) is 6.75. The predicted octanol–water partition coefficient (Wildman–Crippen LogP) is 4.64. The van der Waals surface area contributed by atoms with Crippen molar-refractivity contribution in [2.24, 2.45) is 0 Å². The molecule has 0 amide bonds. The van der Waals surface area contributed by atoms with Crippen LogP contribution in [0.25, 0.3) is 22.6 Å². The van der Waals surface area contributed by atoms with Crippen molar-refractivity contribution in [1.29, 1.82) is 0 Å². The van der Waals surface area contributed by atoms with Crippen LogP contribution in [0.3, 0.4) is 0 Å². The van der Waals surface area contributed by atoms with Crippen LogP contribution in [0.15, 0.2) is 51.7 Å². The van der Waals surface area contributed by atoms with Crippen molar-refractivity contribution in [2.45, 2.75) is 20.4 Å². The quantitative estimate of drug-likeness (QED) is 0.474. The van der Waals surface area contributed by atoms with Gasteiger partial charge in [-0.2, -0.15) is 0 Å². The van der Waals surface area contributed by atoms with E-state index < -0.39 is 0 Å². The molecule has 0 aliphatic rings. The van der Waals surface area contributed by atoms with E-state index in [0.717, 1.165) is 39.6 Å². The molecule has 0 fully saturated rings. The Kier molecular flexibility index (Phi) is 5.38. The molecule has 3 aromatic heterocycles. The minimum absolute atomic E-state index is 0.479. The smallest absolute Gasteiger partial charge is 0.223 e. The number of furan rings is 1. The van der Waals surface area contributed by atoms with Gasteiger partial charge in [-0.05, 0) is 37.6 Å². The van der Waals surface area contributed by atoms with E-state index in [4.69, 9.17) is 23.4 Å². The zero-order chi connectivity index (χ0) is 21.1. The first-order chi connectivity index (χ1) is 14.6. The Morgan fingerprint density at radius 2 is 1.77 bits per heavy atom. The van der Waals surface area contributed by atoms with Crippen molar-refractivity contribution >= 4 is 5.95 Å². The summed E-state index contributed by atoms with van der Waals surface area (Å²) in [6.45, 7) is 4.26. The summed E-state index contributed by atoms with van der Waals surface area (Å²) in [6, 6.07) is 9.42. The SMILES string of the molecule is COc1cc(CNc2ncc(-c3cc(C)no3)c(-c3ccoc3C)n2)cc(OC)c1. The number of benzene rings is 1. The molecule has 0 spiro atoms. The third kappa shape index (κ3) is 3.98. The highest BCUT2D eigenvalue weighted by molar-refractivity contribution is 5.79. The normalized spacial score (nSPS) is 10.8. The Balaban J connectivity index is 1.66. The molecule has 8 heteroatoms. The average Bonchev–Trinajstić information content (AvgIpc) is 3.39. The van der Waals surface area contributed by atoms with Crippen LogP contribution in [-0.4, -0.2) is 29.3 Å². The van der Waals surface area contributed by atoms with Crippen LogP contribution in [-0.2, 0) is 6.54 Å². The second kappa shape index (κ2) is 8.28. The number of aromatic nitrogens is 3. The molecule has 8 nitrogen and oxygen atoms in total. The summed E-state index contributed by atoms with van der Waals surface area (Å²) >= 11 is 0. The second-order valence-electron chi connectivity index (χ2n) is 6.75. The maximum absolute atomic E-state index is 5.48. The number of hydrogen-bond donors (Lipinski definition) is 1. The van der Waals surface area contributed by atoms with Crippen molar-refractivity contribution < 1.29 is 18.4 Å². The number of ether oxygens (including phenoxy) is 2. The summed E-state index contributed by atoms with van der Waals surface area (Å²) in [5, 5.41) is 7.23. The van der Waals surface area contributed by atoms with E-state index in [1.807, 2.05) is 44.2 Å². The van der Waals surface area contributed by atoms with Gasteiger partial charge in [-0.25, -0.2) is 9.97 Å². The first-order valence-electron chi connectivity index (χ1n) is 9.38. The number of methoxy groups -OCH3 is 2. The highest BCUT2D eigenvalue weighted by atomic mass is 16.5. The van der Waals surface area contributed by atoms with E-state index in [-0.39, 0.29) is 0 Å². The van der Waals surface area contributed by atoms with Crippen molar-refractivity contribution in [3.8, 4) is 34.1 Å². The number of aryl methyl sites for hydroxylation is 2. The predicted molar refractivity (Wildman–Crippen MR) is 112 cm³/mol. The molecule has 4 aromatic rings. The minimum atomic E-state index is 0.479. The fourth-order valence-electron chi connectivity index (χ4n) is 3.12. The molecule has 4 rings (SSSR count). The Morgan fingerprint density at radius 3 is 2.37 bits per heavy atom. The molecule has 0 saturated heterocycles. The third-order valence-corrected chi connectivity index (χ3v) is 4.66. The van der Waals surface area contributed by atoms with E-state index in [1.165, 1.54) is 0 Å². The molecule has 0 unspecified atom stereocenters. The highest BCUT2D eigenvalue weighted by Gasteiger charge is 2.18. The lowest BCUT2D eigenvalue weighted by Crippen LogP contribution is -2.05. The van der Waals surface area contributed by atoms with E-state index in [0.29, 0.717) is 23.9 Å². The van der Waals surface area contributed by atoms with Crippen LogP contribution >= 0.6 is 0 Å². The summed E-state index contributed by atoms with van der Waals surface area (Å²) in [6.07, 6.45) is 3.36. The summed E-state index contributed by atoms with van der Waals surface area (Å²) in [7, 11) is 3.25. The van der Waals surface area contributed by atoms with Crippen LogP contribution in [0.1, 0.15) is 17.0 Å². The van der Waals surface area contributed by atoms with E-state index in [9.17, 15) is 0 Å². The molecular weight excluding hydrogens is 384 g/mol. The standard InChI is InChI=1S/C22H22N4O4/c1-13-7-20(30-26-13)19-12-24-22(25-21(19)18-5-6-29-14(18)2)23-11-15-8-16(27-3)10-17(9-15)28-4/h5-10,12H,11H2,1-4H3,(H,23,24,25). The number of nitrogens with one attached hydrogen (secondary N) is 1. The van der Waals surface area contributed by atoms with Crippen LogP contribution in [0.4, 0.5) is 5.95 Å². The van der Waals surface area contributed by atoms with E-state index in [2.05, 4.69) is 15.5 Å². The molecule has 0 bridgehead atoms. The van der Waals surface area contributed by atoms with Crippen LogP contribution in [0, 0.1) is 13.8 Å². The van der Waals surface area contributed by atoms with Crippen molar-refractivity contribution in [3.63, 3.8) is 0 Å². The van der Waals surface area contributed by atoms with E-state index in [1.54, 1.807) is 26.7 Å². The Bertz CT molecular complexity index is 1140. The lowest BCUT2D eigenvalue weighted by atomic mass is 10.1. The van der Waals surface area contributed by atoms with Gasteiger partial charge in [0.15, 0.2) is 5.76 Å². The fourth-order valence-corrected chi connectivity index (χ4v) is 3.12. The van der Waals surface area contributed by atoms with Crippen LogP contribution < -0.4 is 14.8 Å². The molecule has 154 valence electrons. The highest BCUT2D eigenvalue weighted by Crippen LogP contribution is 2.33. The fraction of sp³-hybridized carbons (Fsp3) is 0.227. The lowest BCUT2D eigenvalue weighted by Gasteiger charge is -2.11. The topological polar surface area (TPSA) is 95.4 Å². The molecule has 0 saturated carbocycles. The molecule has 0 atom stereocenters. The van der Waals surface area contributed by atoms with Crippen LogP contribution in [0.2, 0.25) is 0 Å². The first kappa shape index (κ1) is 19.5. The summed E-state index contributed by atoms with van der Waals surface area (Å²) in [4.78, 5) is 9.19. The molecule has 0 radical (unpaired) electrons. The molecule has 1 N–H and O–H groups in total. The van der Waals surface area contributed by atoms with Gasteiger partial charge in [-0.3, -0.25) is 0 Å². The number of anilines is 1. The zero-order valence-corrected chi connectivity index (χ0v) is 17.2. The van der Waals surface area contributed by atoms with Crippen molar-refractivity contribution in [2.75, 3.05) is 19.5 Å². The van der Waals surface area contributed by atoms with Gasteiger partial charge in [0.05, 0.1) is 37.4 Å². The van der Waals surface area contributed by atoms with E-state index >= 15 is 0 Å². The van der Waals surface area contributed by atoms with Crippen molar-refractivity contribution in [3.05, 3.63) is 59.8 Å². The van der Waals surface area contributed by atoms with Gasteiger partial charge in [0.25, 0.3) is 0 Å². The average molecular weight is 406 g/mol.